The fraction of sp³-hybridized carbons (Fsp3) is 0.500. The Kier molecular flexibility index (Phi) is 6.91. The lowest BCUT2D eigenvalue weighted by Gasteiger charge is -2.41. The fourth-order valence-corrected chi connectivity index (χ4v) is 4.22. The number of methoxy groups -OCH3 is 2. The molecule has 0 aliphatic carbocycles. The van der Waals surface area contributed by atoms with E-state index >= 15 is 0 Å². The molecule has 0 bridgehead atoms. The number of hydrogen-bond donors (Lipinski definition) is 1. The van der Waals surface area contributed by atoms with Crippen LogP contribution in [0.5, 0.6) is 11.5 Å². The second kappa shape index (κ2) is 9.37. The molecule has 2 aromatic rings. The molecule has 1 atom stereocenters. The van der Waals surface area contributed by atoms with Gasteiger partial charge in [0.25, 0.3) is 0 Å². The van der Waals surface area contributed by atoms with Gasteiger partial charge in [0.1, 0.15) is 11.5 Å². The lowest BCUT2D eigenvalue weighted by atomic mass is 10.1. The molecule has 1 N–H and O–H groups in total. The average molecular weight is 377 g/mol. The number of aliphatic hydroxyl groups is 1. The molecular weight excluding hydrogens is 348 g/mol. The molecule has 0 radical (unpaired) electrons. The van der Waals surface area contributed by atoms with E-state index in [1.54, 1.807) is 25.6 Å². The van der Waals surface area contributed by atoms with E-state index in [0.717, 1.165) is 50.6 Å². The Labute approximate surface area is 159 Å². The van der Waals surface area contributed by atoms with E-state index in [4.69, 9.17) is 9.47 Å². The lowest BCUT2D eigenvalue weighted by Crippen LogP contribution is -2.52. The lowest BCUT2D eigenvalue weighted by molar-refractivity contribution is 0.0500. The Hall–Kier alpha value is -1.60. The van der Waals surface area contributed by atoms with Gasteiger partial charge in [-0.05, 0) is 46.5 Å². The molecule has 5 nitrogen and oxygen atoms in total. The maximum atomic E-state index is 9.50. The molecule has 2 heterocycles. The van der Waals surface area contributed by atoms with Gasteiger partial charge in [-0.1, -0.05) is 0 Å². The molecule has 1 saturated heterocycles. The van der Waals surface area contributed by atoms with Crippen molar-refractivity contribution >= 4 is 11.3 Å². The van der Waals surface area contributed by atoms with Crippen LogP contribution in [0.4, 0.5) is 0 Å². The molecule has 0 spiro atoms. The zero-order chi connectivity index (χ0) is 18.4. The van der Waals surface area contributed by atoms with Crippen molar-refractivity contribution in [2.24, 2.45) is 0 Å². The van der Waals surface area contributed by atoms with Gasteiger partial charge in [0.05, 0.1) is 14.2 Å². The van der Waals surface area contributed by atoms with Crippen LogP contribution in [0.3, 0.4) is 0 Å². The highest BCUT2D eigenvalue weighted by Crippen LogP contribution is 2.25. The average Bonchev–Trinajstić information content (AvgIpc) is 3.17. The molecule has 1 aromatic heterocycles. The third-order valence-electron chi connectivity index (χ3n) is 4.93. The second-order valence-corrected chi connectivity index (χ2v) is 7.50. The normalized spacial score (nSPS) is 18.8. The molecule has 0 unspecified atom stereocenters. The molecule has 6 heteroatoms. The third-order valence-corrected chi connectivity index (χ3v) is 5.67. The Morgan fingerprint density at radius 3 is 2.46 bits per heavy atom. The number of nitrogens with zero attached hydrogens (tertiary/aromatic N) is 2. The molecule has 1 fully saturated rings. The first-order chi connectivity index (χ1) is 12.7. The number of aliphatic hydroxyl groups excluding tert-OH is 1. The van der Waals surface area contributed by atoms with E-state index in [1.807, 2.05) is 6.07 Å². The van der Waals surface area contributed by atoms with Gasteiger partial charge in [-0.15, -0.1) is 0 Å². The summed E-state index contributed by atoms with van der Waals surface area (Å²) >= 11 is 1.74. The van der Waals surface area contributed by atoms with Crippen LogP contribution in [-0.4, -0.2) is 61.4 Å². The number of hydrogen-bond acceptors (Lipinski definition) is 6. The maximum Gasteiger partial charge on any atom is 0.122 e. The van der Waals surface area contributed by atoms with Gasteiger partial charge in [0.15, 0.2) is 0 Å². The van der Waals surface area contributed by atoms with Crippen LogP contribution in [0.25, 0.3) is 0 Å². The molecule has 3 rings (SSSR count). The van der Waals surface area contributed by atoms with Gasteiger partial charge in [0.2, 0.25) is 0 Å². The van der Waals surface area contributed by atoms with Crippen molar-refractivity contribution in [3.05, 3.63) is 46.2 Å². The molecule has 0 amide bonds. The van der Waals surface area contributed by atoms with E-state index < -0.39 is 0 Å². The molecule has 1 aromatic carbocycles. The summed E-state index contributed by atoms with van der Waals surface area (Å²) in [6.07, 6.45) is 0.808. The van der Waals surface area contributed by atoms with Crippen molar-refractivity contribution < 1.29 is 14.6 Å². The predicted molar refractivity (Wildman–Crippen MR) is 105 cm³/mol. The van der Waals surface area contributed by atoms with Crippen molar-refractivity contribution in [3.8, 4) is 11.5 Å². The number of ether oxygens (including phenoxy) is 2. The van der Waals surface area contributed by atoms with Crippen LogP contribution in [0.1, 0.15) is 17.5 Å². The van der Waals surface area contributed by atoms with Crippen molar-refractivity contribution in [2.45, 2.75) is 25.6 Å². The third kappa shape index (κ3) is 4.98. The van der Waals surface area contributed by atoms with Gasteiger partial charge in [0, 0.05) is 51.4 Å². The summed E-state index contributed by atoms with van der Waals surface area (Å²) in [5.74, 6) is 1.64. The minimum atomic E-state index is 0.228. The zero-order valence-electron chi connectivity index (χ0n) is 15.6. The van der Waals surface area contributed by atoms with Crippen LogP contribution in [-0.2, 0) is 13.1 Å². The van der Waals surface area contributed by atoms with Crippen molar-refractivity contribution in [3.63, 3.8) is 0 Å². The van der Waals surface area contributed by atoms with Gasteiger partial charge >= 0.3 is 0 Å². The minimum absolute atomic E-state index is 0.228. The Morgan fingerprint density at radius 1 is 1.08 bits per heavy atom. The minimum Gasteiger partial charge on any atom is -0.497 e. The van der Waals surface area contributed by atoms with Crippen LogP contribution >= 0.6 is 11.3 Å². The second-order valence-electron chi connectivity index (χ2n) is 6.72. The Bertz CT molecular complexity index is 655. The standard InChI is InChI=1S/C20H28N2O3S/c1-24-19-9-17(10-20(11-19)25-2)12-21-5-6-22(18(14-21)3-7-23)13-16-4-8-26-15-16/h4,8-11,15,18,23H,3,5-7,12-14H2,1-2H3/t18-/m1/s1. The Balaban J connectivity index is 1.65. The van der Waals surface area contributed by atoms with E-state index in [1.165, 1.54) is 11.1 Å². The molecule has 26 heavy (non-hydrogen) atoms. The predicted octanol–water partition coefficient (Wildman–Crippen LogP) is 2.83. The number of piperazine rings is 1. The topological polar surface area (TPSA) is 45.2 Å². The van der Waals surface area contributed by atoms with Crippen LogP contribution < -0.4 is 9.47 Å². The summed E-state index contributed by atoms with van der Waals surface area (Å²) < 4.78 is 10.8. The summed E-state index contributed by atoms with van der Waals surface area (Å²) in [7, 11) is 3.36. The Morgan fingerprint density at radius 2 is 1.85 bits per heavy atom. The summed E-state index contributed by atoms with van der Waals surface area (Å²) in [6.45, 7) is 5.06. The highest BCUT2D eigenvalue weighted by atomic mass is 32.1. The van der Waals surface area contributed by atoms with E-state index in [-0.39, 0.29) is 6.61 Å². The fourth-order valence-electron chi connectivity index (χ4n) is 3.56. The summed E-state index contributed by atoms with van der Waals surface area (Å²) in [5, 5.41) is 13.8. The highest BCUT2D eigenvalue weighted by Gasteiger charge is 2.26. The first-order valence-corrected chi connectivity index (χ1v) is 9.96. The van der Waals surface area contributed by atoms with Gasteiger partial charge in [-0.2, -0.15) is 11.3 Å². The number of benzene rings is 1. The molecule has 142 valence electrons. The van der Waals surface area contributed by atoms with Gasteiger partial charge in [-0.3, -0.25) is 9.80 Å². The zero-order valence-corrected chi connectivity index (χ0v) is 16.4. The largest absolute Gasteiger partial charge is 0.497 e. The molecule has 0 saturated carbocycles. The van der Waals surface area contributed by atoms with Gasteiger partial charge < -0.3 is 14.6 Å². The van der Waals surface area contributed by atoms with Crippen LogP contribution in [0, 0.1) is 0 Å². The maximum absolute atomic E-state index is 9.50. The molecule has 1 aliphatic heterocycles. The first-order valence-electron chi connectivity index (χ1n) is 9.02. The van der Waals surface area contributed by atoms with Gasteiger partial charge in [-0.25, -0.2) is 0 Å². The molecule has 1 aliphatic rings. The first kappa shape index (κ1) is 19.2. The van der Waals surface area contributed by atoms with Crippen molar-refractivity contribution in [1.29, 1.82) is 0 Å². The smallest absolute Gasteiger partial charge is 0.122 e. The van der Waals surface area contributed by atoms with Crippen molar-refractivity contribution in [2.75, 3.05) is 40.5 Å². The quantitative estimate of drug-likeness (QED) is 0.768. The van der Waals surface area contributed by atoms with E-state index in [2.05, 4.69) is 38.8 Å². The summed E-state index contributed by atoms with van der Waals surface area (Å²) in [6, 6.07) is 8.61. The SMILES string of the molecule is COc1cc(CN2CCN(Cc3ccsc3)[C@H](CCO)C2)cc(OC)c1. The van der Waals surface area contributed by atoms with E-state index in [0.29, 0.717) is 6.04 Å². The monoisotopic (exact) mass is 376 g/mol. The summed E-state index contributed by atoms with van der Waals surface area (Å²) in [5.41, 5.74) is 2.55. The number of rotatable bonds is 8. The van der Waals surface area contributed by atoms with E-state index in [9.17, 15) is 5.11 Å². The van der Waals surface area contributed by atoms with Crippen LogP contribution in [0.15, 0.2) is 35.0 Å². The van der Waals surface area contributed by atoms with Crippen molar-refractivity contribution in [1.82, 2.24) is 9.80 Å². The number of thiophene rings is 1. The summed E-state index contributed by atoms with van der Waals surface area (Å²) in [4.78, 5) is 4.96. The highest BCUT2D eigenvalue weighted by molar-refractivity contribution is 7.07. The van der Waals surface area contributed by atoms with Crippen LogP contribution in [0.2, 0.25) is 0 Å². The molecular formula is C20H28N2O3S.